The van der Waals surface area contributed by atoms with E-state index in [0.717, 1.165) is 51.3 Å². The van der Waals surface area contributed by atoms with Crippen LogP contribution in [0, 0.1) is 0 Å². The number of hydrogen-bond donors (Lipinski definition) is 2. The van der Waals surface area contributed by atoms with Crippen molar-refractivity contribution in [1.29, 1.82) is 0 Å². The fourth-order valence-corrected chi connectivity index (χ4v) is 3.94. The van der Waals surface area contributed by atoms with Crippen LogP contribution in [-0.4, -0.2) is 24.9 Å². The number of rotatable bonds is 2. The van der Waals surface area contributed by atoms with Crippen molar-refractivity contribution in [1.82, 2.24) is 24.9 Å². The third-order valence-corrected chi connectivity index (χ3v) is 5.40. The maximum absolute atomic E-state index is 4.77. The van der Waals surface area contributed by atoms with Gasteiger partial charge >= 0.3 is 0 Å². The molecule has 0 saturated carbocycles. The van der Waals surface area contributed by atoms with E-state index < -0.39 is 0 Å². The number of H-pyrrole nitrogens is 2. The maximum atomic E-state index is 4.77. The zero-order chi connectivity index (χ0) is 20.6. The average molecular weight is 401 g/mol. The molecular formula is C26H19N5. The van der Waals surface area contributed by atoms with E-state index >= 15 is 0 Å². The number of hydrogen-bond acceptors (Lipinski definition) is 3. The molecule has 4 aromatic heterocycles. The minimum absolute atomic E-state index is 0.816. The smallest absolute Gasteiger partial charge is 0.0658 e. The Labute approximate surface area is 178 Å². The standard InChI is InChI=1S/C26H19N5/c1-2-20-14-22-5-6-24(30-22)16-26-18(11-17-7-9-27-10-8-17)12-25(31-26)15-23-4-3-21(29-23)13-19(1)28-20/h1-10,12-16,28,31H,11H2. The van der Waals surface area contributed by atoms with Crippen molar-refractivity contribution in [3.8, 4) is 0 Å². The Hall–Kier alpha value is -4.25. The third kappa shape index (κ3) is 3.69. The molecule has 0 saturated heterocycles. The molecule has 0 radical (unpaired) electrons. The zero-order valence-corrected chi connectivity index (χ0v) is 16.7. The highest BCUT2D eigenvalue weighted by molar-refractivity contribution is 5.78. The lowest BCUT2D eigenvalue weighted by atomic mass is 10.1. The number of pyridine rings is 1. The second-order valence-corrected chi connectivity index (χ2v) is 7.73. The normalized spacial score (nSPS) is 12.4. The summed E-state index contributed by atoms with van der Waals surface area (Å²) in [5.41, 5.74) is 10.2. The van der Waals surface area contributed by atoms with E-state index in [9.17, 15) is 0 Å². The van der Waals surface area contributed by atoms with Crippen LogP contribution in [0.1, 0.15) is 33.9 Å². The molecule has 5 heteroatoms. The zero-order valence-electron chi connectivity index (χ0n) is 16.7. The second kappa shape index (κ2) is 7.22. The lowest BCUT2D eigenvalue weighted by Crippen LogP contribution is -1.86. The van der Waals surface area contributed by atoms with E-state index in [1.54, 1.807) is 0 Å². The summed E-state index contributed by atoms with van der Waals surface area (Å²) < 4.78 is 0. The lowest BCUT2D eigenvalue weighted by Gasteiger charge is -1.98. The van der Waals surface area contributed by atoms with Crippen LogP contribution in [-0.2, 0) is 6.42 Å². The van der Waals surface area contributed by atoms with Crippen LogP contribution in [0.15, 0.2) is 67.0 Å². The molecular weight excluding hydrogens is 382 g/mol. The SMILES string of the molecule is C1=Cc2cc3cc(Cc4ccncc4)c(cc4nc(cc5ccc(cc1n2)[nH]5)C=C4)[nH]3. The Balaban J connectivity index is 1.60. The Bertz CT molecular complexity index is 1500. The minimum atomic E-state index is 0.816. The Morgan fingerprint density at radius 3 is 1.81 bits per heavy atom. The molecule has 6 heterocycles. The van der Waals surface area contributed by atoms with Gasteiger partial charge in [-0.25, -0.2) is 9.97 Å². The molecule has 2 N–H and O–H groups in total. The highest BCUT2D eigenvalue weighted by atomic mass is 14.8. The molecule has 0 atom stereocenters. The van der Waals surface area contributed by atoms with Crippen LogP contribution in [0.5, 0.6) is 0 Å². The largest absolute Gasteiger partial charge is 0.355 e. The monoisotopic (exact) mass is 401 g/mol. The molecule has 0 aliphatic carbocycles. The van der Waals surface area contributed by atoms with Crippen molar-refractivity contribution in [3.63, 3.8) is 0 Å². The van der Waals surface area contributed by atoms with E-state index in [1.807, 2.05) is 42.8 Å². The van der Waals surface area contributed by atoms with Crippen LogP contribution in [0.2, 0.25) is 0 Å². The Morgan fingerprint density at radius 1 is 0.581 bits per heavy atom. The molecule has 148 valence electrons. The second-order valence-electron chi connectivity index (χ2n) is 7.73. The Kier molecular flexibility index (Phi) is 4.10. The van der Waals surface area contributed by atoms with Crippen molar-refractivity contribution < 1.29 is 0 Å². The average Bonchev–Trinajstić information content (AvgIpc) is 3.55. The van der Waals surface area contributed by atoms with Gasteiger partial charge in [0.25, 0.3) is 0 Å². The molecule has 31 heavy (non-hydrogen) atoms. The van der Waals surface area contributed by atoms with E-state index in [2.05, 4.69) is 63.5 Å². The van der Waals surface area contributed by atoms with Gasteiger partial charge in [0.05, 0.1) is 22.8 Å². The van der Waals surface area contributed by atoms with Gasteiger partial charge < -0.3 is 9.97 Å². The number of aromatic amines is 2. The van der Waals surface area contributed by atoms with Gasteiger partial charge in [-0.15, -0.1) is 0 Å². The van der Waals surface area contributed by atoms with Crippen LogP contribution in [0.25, 0.3) is 46.4 Å². The number of nitrogens with zero attached hydrogens (tertiary/aromatic N) is 3. The van der Waals surface area contributed by atoms with E-state index in [1.165, 1.54) is 11.1 Å². The molecule has 0 fully saturated rings. The maximum Gasteiger partial charge on any atom is 0.0658 e. The molecule has 2 aliphatic rings. The van der Waals surface area contributed by atoms with Crippen LogP contribution < -0.4 is 0 Å². The van der Waals surface area contributed by atoms with Crippen LogP contribution in [0.3, 0.4) is 0 Å². The first-order valence-electron chi connectivity index (χ1n) is 10.2. The quantitative estimate of drug-likeness (QED) is 0.394. The first-order valence-corrected chi connectivity index (χ1v) is 10.2. The first-order chi connectivity index (χ1) is 15.3. The van der Waals surface area contributed by atoms with Crippen molar-refractivity contribution in [2.45, 2.75) is 6.42 Å². The molecule has 4 aromatic rings. The van der Waals surface area contributed by atoms with Gasteiger partial charge in [0.1, 0.15) is 0 Å². The van der Waals surface area contributed by atoms with Crippen LogP contribution in [0.4, 0.5) is 0 Å². The predicted octanol–water partition coefficient (Wildman–Crippen LogP) is 5.64. The Morgan fingerprint density at radius 2 is 1.16 bits per heavy atom. The molecule has 5 nitrogen and oxygen atoms in total. The summed E-state index contributed by atoms with van der Waals surface area (Å²) in [6.45, 7) is 0. The molecule has 2 aliphatic heterocycles. The van der Waals surface area contributed by atoms with Crippen molar-refractivity contribution in [2.24, 2.45) is 0 Å². The van der Waals surface area contributed by atoms with Crippen molar-refractivity contribution in [3.05, 3.63) is 101 Å². The van der Waals surface area contributed by atoms with Gasteiger partial charge in [-0.2, -0.15) is 0 Å². The molecule has 6 rings (SSSR count). The fraction of sp³-hybridized carbons (Fsp3) is 0.0385. The summed E-state index contributed by atoms with van der Waals surface area (Å²) in [7, 11) is 0. The summed E-state index contributed by atoms with van der Waals surface area (Å²) >= 11 is 0. The van der Waals surface area contributed by atoms with E-state index in [4.69, 9.17) is 9.97 Å². The van der Waals surface area contributed by atoms with Crippen LogP contribution >= 0.6 is 0 Å². The molecule has 0 unspecified atom stereocenters. The summed E-state index contributed by atoms with van der Waals surface area (Å²) in [4.78, 5) is 20.6. The van der Waals surface area contributed by atoms with Gasteiger partial charge in [0, 0.05) is 34.5 Å². The molecule has 8 bridgehead atoms. The molecule has 0 amide bonds. The van der Waals surface area contributed by atoms with Gasteiger partial charge in [0.15, 0.2) is 0 Å². The summed E-state index contributed by atoms with van der Waals surface area (Å²) in [5.74, 6) is 0. The highest BCUT2D eigenvalue weighted by Gasteiger charge is 2.06. The van der Waals surface area contributed by atoms with Gasteiger partial charge in [-0.05, 0) is 96.4 Å². The van der Waals surface area contributed by atoms with E-state index in [0.29, 0.717) is 0 Å². The van der Waals surface area contributed by atoms with Crippen molar-refractivity contribution in [2.75, 3.05) is 0 Å². The van der Waals surface area contributed by atoms with Gasteiger partial charge in [-0.1, -0.05) is 0 Å². The highest BCUT2D eigenvalue weighted by Crippen LogP contribution is 2.21. The molecule has 0 aromatic carbocycles. The topological polar surface area (TPSA) is 70.2 Å². The minimum Gasteiger partial charge on any atom is -0.355 e. The fourth-order valence-electron chi connectivity index (χ4n) is 3.94. The summed E-state index contributed by atoms with van der Waals surface area (Å²) in [5, 5.41) is 0. The number of nitrogens with one attached hydrogen (secondary N) is 2. The first kappa shape index (κ1) is 17.6. The predicted molar refractivity (Wildman–Crippen MR) is 126 cm³/mol. The number of fused-ring (bicyclic) bond motifs is 8. The molecule has 0 spiro atoms. The summed E-state index contributed by atoms with van der Waals surface area (Å²) in [6, 6.07) is 18.7. The summed E-state index contributed by atoms with van der Waals surface area (Å²) in [6.07, 6.45) is 12.6. The van der Waals surface area contributed by atoms with Gasteiger partial charge in [-0.3, -0.25) is 4.98 Å². The van der Waals surface area contributed by atoms with E-state index in [-0.39, 0.29) is 0 Å². The lowest BCUT2D eigenvalue weighted by molar-refractivity contribution is 1.18. The van der Waals surface area contributed by atoms with Gasteiger partial charge in [0.2, 0.25) is 0 Å². The third-order valence-electron chi connectivity index (χ3n) is 5.40. The van der Waals surface area contributed by atoms with Crippen molar-refractivity contribution >= 4 is 46.4 Å². The number of aromatic nitrogens is 5.